The van der Waals surface area contributed by atoms with Gasteiger partial charge in [-0.25, -0.2) is 19.3 Å². The zero-order valence-electron chi connectivity index (χ0n) is 39.4. The van der Waals surface area contributed by atoms with Crippen molar-refractivity contribution in [2.45, 2.75) is 147 Å². The van der Waals surface area contributed by atoms with Gasteiger partial charge in [0, 0.05) is 37.1 Å². The molecule has 29 heteroatoms. The number of carbonyl (C=O) groups is 3. The molecule has 0 spiro atoms. The van der Waals surface area contributed by atoms with Crippen molar-refractivity contribution in [1.29, 1.82) is 0 Å². The molecule has 3 heterocycles. The Morgan fingerprint density at radius 2 is 1.59 bits per heavy atom. The minimum absolute atomic E-state index is 0.00281. The van der Waals surface area contributed by atoms with Gasteiger partial charge in [0.1, 0.15) is 36.3 Å². The predicted octanol–water partition coefficient (Wildman–Crippen LogP) is 1.70. The molecule has 0 aromatic carbocycles. The summed E-state index contributed by atoms with van der Waals surface area (Å²) in [5.74, 6) is -1.34. The third-order valence-corrected chi connectivity index (χ3v) is 14.5. The number of aliphatic hydroxyl groups is 3. The first kappa shape index (κ1) is 61.3. The Bertz CT molecular complexity index is 2160. The Hall–Kier alpha value is -3.00. The molecule has 0 aliphatic carbocycles. The number of hydrogen-bond donors (Lipinski definition) is 6. The first-order valence-electron chi connectivity index (χ1n) is 22.9. The molecule has 1 fully saturated rings. The number of thioether (sulfide) groups is 1. The number of unbranched alkanes of at least 4 members (excludes halogenated alkanes) is 8. The van der Waals surface area contributed by atoms with Crippen molar-refractivity contribution in [3.63, 3.8) is 0 Å². The summed E-state index contributed by atoms with van der Waals surface area (Å²) in [5, 5.41) is 36.4. The molecule has 7 N–H and O–H groups in total. The Morgan fingerprint density at radius 1 is 0.929 bits per heavy atom. The molecule has 70 heavy (non-hydrogen) atoms. The van der Waals surface area contributed by atoms with Gasteiger partial charge in [-0.05, 0) is 38.5 Å². The number of anilines is 1. The number of nitrogens with two attached hydrogens (primary N) is 1. The van der Waals surface area contributed by atoms with E-state index in [1.54, 1.807) is 0 Å². The number of nitrogens with one attached hydrogen (secondary N) is 2. The molecule has 0 saturated carbocycles. The van der Waals surface area contributed by atoms with Crippen LogP contribution in [0.25, 0.3) is 11.2 Å². The van der Waals surface area contributed by atoms with Crippen LogP contribution < -0.4 is 35.9 Å². The SMILES string of the molecule is CCCCC/C=C\C/C=C\CCCCCCC[C@@H](O)CC(=O)SCCNC(=O)CCNC(=O)[C@H](O)C(C)(C)COP(=O)([O-])OP(=O)([O-])OC[C@H]1O[C@@H](n2cnc3c(N)ncnc32)[C@H](O)[C@@H]1OP(=O)([O-])[O-]. The maximum atomic E-state index is 12.7. The minimum Gasteiger partial charge on any atom is -0.790 e. The maximum Gasteiger partial charge on any atom is 0.274 e. The van der Waals surface area contributed by atoms with E-state index in [0.29, 0.717) is 6.42 Å². The van der Waals surface area contributed by atoms with Crippen LogP contribution in [0.3, 0.4) is 0 Å². The molecular weight excluding hydrogens is 1000 g/mol. The highest BCUT2D eigenvalue weighted by Crippen LogP contribution is 2.56. The Balaban J connectivity index is 1.30. The fourth-order valence-corrected chi connectivity index (χ4v) is 10.3. The standard InChI is InChI=1S/C41H70N7O18P3S/c1-4-5-6-7-8-9-10-11-12-13-14-15-16-17-18-19-29(49)24-32(51)70-23-22-43-31(50)20-21-44-39(54)36(53)41(2,3)26-63-69(60,61)66-68(58,59)62-25-30-35(65-67(55,56)57)34(52)40(64-30)48-28-47-33-37(42)45-27-46-38(33)48/h8-9,11-12,27-30,34-36,40,49,52-53H,4-7,10,13-26H2,1-3H3,(H,43,50)(H,44,54)(H,58,59)(H,60,61)(H2,42,45,46)(H2,55,56,57)/p-4/b9-8-,12-11-/t29-,30-,34-,35-,36+,40-/m1/s1. The van der Waals surface area contributed by atoms with E-state index in [4.69, 9.17) is 10.5 Å². The van der Waals surface area contributed by atoms with Crippen molar-refractivity contribution in [2.24, 2.45) is 5.41 Å². The Morgan fingerprint density at radius 3 is 2.27 bits per heavy atom. The molecule has 8 atom stereocenters. The van der Waals surface area contributed by atoms with Crippen LogP contribution in [0, 0.1) is 5.41 Å². The second-order valence-corrected chi connectivity index (χ2v) is 22.3. The van der Waals surface area contributed by atoms with E-state index in [-0.39, 0.29) is 53.8 Å². The average Bonchev–Trinajstić information content (AvgIpc) is 3.84. The summed E-state index contributed by atoms with van der Waals surface area (Å²) in [5.41, 5.74) is 4.06. The van der Waals surface area contributed by atoms with E-state index < -0.39 is 90.7 Å². The molecule has 2 unspecified atom stereocenters. The number of allylic oxidation sites excluding steroid dienone is 4. The van der Waals surface area contributed by atoms with E-state index in [1.807, 2.05) is 0 Å². The highest BCUT2D eigenvalue weighted by atomic mass is 32.2. The van der Waals surface area contributed by atoms with Gasteiger partial charge in [0.2, 0.25) is 11.8 Å². The van der Waals surface area contributed by atoms with Gasteiger partial charge in [0.15, 0.2) is 22.8 Å². The molecule has 0 radical (unpaired) electrons. The zero-order valence-corrected chi connectivity index (χ0v) is 42.9. The van der Waals surface area contributed by atoms with Crippen molar-refractivity contribution in [3.8, 4) is 0 Å². The van der Waals surface area contributed by atoms with Crippen LogP contribution in [-0.4, -0.2) is 114 Å². The van der Waals surface area contributed by atoms with Crippen molar-refractivity contribution in [3.05, 3.63) is 37.0 Å². The van der Waals surface area contributed by atoms with E-state index in [1.165, 1.54) is 33.1 Å². The molecule has 2 amide bonds. The molecule has 3 rings (SSSR count). The van der Waals surface area contributed by atoms with Crippen LogP contribution >= 0.6 is 35.2 Å². The second-order valence-electron chi connectivity index (χ2n) is 17.1. The lowest BCUT2D eigenvalue weighted by Crippen LogP contribution is -2.46. The van der Waals surface area contributed by atoms with Crippen molar-refractivity contribution in [1.82, 2.24) is 30.2 Å². The van der Waals surface area contributed by atoms with Crippen LogP contribution in [0.2, 0.25) is 0 Å². The van der Waals surface area contributed by atoms with Gasteiger partial charge in [-0.2, -0.15) is 0 Å². The van der Waals surface area contributed by atoms with Gasteiger partial charge in [0.05, 0.1) is 33.5 Å². The smallest absolute Gasteiger partial charge is 0.274 e. The fourth-order valence-electron chi connectivity index (χ4n) is 6.82. The molecular formula is C41H66N7O18P3S-4. The van der Waals surface area contributed by atoms with Gasteiger partial charge >= 0.3 is 0 Å². The fraction of sp³-hybridized carbons (Fsp3) is 0.707. The third kappa shape index (κ3) is 22.8. The van der Waals surface area contributed by atoms with E-state index in [0.717, 1.165) is 80.4 Å². The number of amides is 2. The van der Waals surface area contributed by atoms with Gasteiger partial charge in [-0.15, -0.1) is 0 Å². The molecule has 1 aliphatic rings. The number of nitrogen functional groups attached to an aromatic ring is 1. The maximum absolute atomic E-state index is 12.7. The Kier molecular flexibility index (Phi) is 26.5. The van der Waals surface area contributed by atoms with E-state index in [9.17, 15) is 63.0 Å². The topological polar surface area (TPSA) is 395 Å². The largest absolute Gasteiger partial charge is 0.790 e. The monoisotopic (exact) mass is 1070 g/mol. The van der Waals surface area contributed by atoms with Crippen LogP contribution in [0.5, 0.6) is 0 Å². The van der Waals surface area contributed by atoms with Crippen LogP contribution in [0.1, 0.15) is 117 Å². The van der Waals surface area contributed by atoms with E-state index in [2.05, 4.69) is 74.7 Å². The number of aromatic nitrogens is 4. The van der Waals surface area contributed by atoms with Crippen LogP contribution in [-0.2, 0) is 50.7 Å². The van der Waals surface area contributed by atoms with E-state index >= 15 is 0 Å². The molecule has 1 aliphatic heterocycles. The number of phosphoric ester groups is 3. The summed E-state index contributed by atoms with van der Waals surface area (Å²) in [6.45, 7) is 2.18. The lowest BCUT2D eigenvalue weighted by molar-refractivity contribution is -0.347. The number of fused-ring (bicyclic) bond motifs is 1. The first-order valence-corrected chi connectivity index (χ1v) is 28.3. The minimum atomic E-state index is -5.93. The van der Waals surface area contributed by atoms with Gasteiger partial charge in [0.25, 0.3) is 15.6 Å². The van der Waals surface area contributed by atoms with Crippen molar-refractivity contribution in [2.75, 3.05) is 37.8 Å². The summed E-state index contributed by atoms with van der Waals surface area (Å²) < 4.78 is 60.8. The summed E-state index contributed by atoms with van der Waals surface area (Å²) >= 11 is 0.980. The number of carbonyl (C=O) groups excluding carboxylic acids is 3. The Labute approximate surface area is 411 Å². The number of phosphoric acid groups is 3. The van der Waals surface area contributed by atoms with Crippen molar-refractivity contribution >= 4 is 69.1 Å². The lowest BCUT2D eigenvalue weighted by atomic mass is 9.87. The number of aliphatic hydroxyl groups excluding tert-OH is 3. The highest BCUT2D eigenvalue weighted by Gasteiger charge is 2.47. The quantitative estimate of drug-likeness (QED) is 0.0325. The third-order valence-electron chi connectivity index (χ3n) is 10.6. The molecule has 2 aromatic rings. The average molecular weight is 1070 g/mol. The summed E-state index contributed by atoms with van der Waals surface area (Å²) in [4.78, 5) is 97.0. The van der Waals surface area contributed by atoms with Gasteiger partial charge < -0.3 is 74.1 Å². The number of hydrogen-bond acceptors (Lipinski definition) is 23. The first-order chi connectivity index (χ1) is 32.9. The number of nitrogens with zero attached hydrogens (tertiary/aromatic N) is 4. The van der Waals surface area contributed by atoms with Crippen LogP contribution in [0.15, 0.2) is 37.0 Å². The lowest BCUT2D eigenvalue weighted by Gasteiger charge is -2.36. The van der Waals surface area contributed by atoms with Gasteiger partial charge in [-0.1, -0.05) is 95.4 Å². The summed E-state index contributed by atoms with van der Waals surface area (Å²) in [6, 6.07) is 0. The molecule has 0 bridgehead atoms. The molecule has 398 valence electrons. The van der Waals surface area contributed by atoms with Crippen molar-refractivity contribution < 1.29 is 85.6 Å². The summed E-state index contributed by atoms with van der Waals surface area (Å²) in [6.07, 6.45) is 13.1. The normalized spacial score (nSPS) is 20.4. The van der Waals surface area contributed by atoms with Crippen LogP contribution in [0.4, 0.5) is 5.82 Å². The second kappa shape index (κ2) is 30.3. The molecule has 2 aromatic heterocycles. The highest BCUT2D eigenvalue weighted by molar-refractivity contribution is 8.13. The molecule has 25 nitrogen and oxygen atoms in total. The van der Waals surface area contributed by atoms with Gasteiger partial charge in [-0.3, -0.25) is 28.1 Å². The number of imidazole rings is 1. The zero-order chi connectivity index (χ0) is 52.0. The predicted molar refractivity (Wildman–Crippen MR) is 248 cm³/mol. The number of ether oxygens (including phenoxy) is 1. The number of rotatable bonds is 35. The summed E-state index contributed by atoms with van der Waals surface area (Å²) in [7, 11) is -17.6. The molecule has 1 saturated heterocycles.